The van der Waals surface area contributed by atoms with Gasteiger partial charge >= 0.3 is 5.97 Å². The highest BCUT2D eigenvalue weighted by atomic mass is 16.6. The van der Waals surface area contributed by atoms with E-state index in [-0.39, 0.29) is 23.4 Å². The summed E-state index contributed by atoms with van der Waals surface area (Å²) in [5.74, 6) is 1.05. The van der Waals surface area contributed by atoms with Crippen LogP contribution >= 0.6 is 0 Å². The van der Waals surface area contributed by atoms with Crippen molar-refractivity contribution >= 4 is 5.97 Å². The third kappa shape index (κ3) is 0.688. The molecule has 3 unspecified atom stereocenters. The molecule has 1 saturated heterocycles. The summed E-state index contributed by atoms with van der Waals surface area (Å²) in [5, 5.41) is 0. The van der Waals surface area contributed by atoms with Crippen molar-refractivity contribution in [1.82, 2.24) is 0 Å². The van der Waals surface area contributed by atoms with Gasteiger partial charge in [0.15, 0.2) is 0 Å². The lowest BCUT2D eigenvalue weighted by molar-refractivity contribution is -0.160. The summed E-state index contributed by atoms with van der Waals surface area (Å²) in [6.07, 6.45) is 3.55. The number of esters is 1. The zero-order valence-corrected chi connectivity index (χ0v) is 8.91. The van der Waals surface area contributed by atoms with Gasteiger partial charge < -0.3 is 4.74 Å². The van der Waals surface area contributed by atoms with E-state index in [0.717, 1.165) is 6.42 Å². The Bertz CT molecular complexity index is 344. The van der Waals surface area contributed by atoms with Crippen LogP contribution in [0.3, 0.4) is 0 Å². The first kappa shape index (κ1) is 8.51. The second-order valence-electron chi connectivity index (χ2n) is 5.36. The molecule has 0 aromatic rings. The van der Waals surface area contributed by atoms with Gasteiger partial charge in [-0.1, -0.05) is 25.5 Å². The second-order valence-corrected chi connectivity index (χ2v) is 5.36. The van der Waals surface area contributed by atoms with E-state index >= 15 is 0 Å². The Morgan fingerprint density at radius 1 is 1.50 bits per heavy atom. The molecule has 0 spiro atoms. The third-order valence-electron chi connectivity index (χ3n) is 4.85. The minimum atomic E-state index is 0.0413. The minimum Gasteiger partial charge on any atom is -0.461 e. The largest absolute Gasteiger partial charge is 0.461 e. The molecule has 0 radical (unpaired) electrons. The van der Waals surface area contributed by atoms with Crippen molar-refractivity contribution in [2.75, 3.05) is 0 Å². The first-order chi connectivity index (χ1) is 6.55. The van der Waals surface area contributed by atoms with Gasteiger partial charge in [0.1, 0.15) is 6.10 Å². The Kier molecular flexibility index (Phi) is 1.36. The molecule has 14 heavy (non-hydrogen) atoms. The molecule has 3 aliphatic rings. The summed E-state index contributed by atoms with van der Waals surface area (Å²) in [7, 11) is 0. The van der Waals surface area contributed by atoms with E-state index in [1.165, 1.54) is 5.57 Å². The summed E-state index contributed by atoms with van der Waals surface area (Å²) < 4.78 is 5.49. The fourth-order valence-electron chi connectivity index (χ4n) is 3.68. The van der Waals surface area contributed by atoms with Gasteiger partial charge in [0.05, 0.1) is 5.92 Å². The van der Waals surface area contributed by atoms with Gasteiger partial charge in [-0.05, 0) is 19.3 Å². The maximum atomic E-state index is 11.6. The van der Waals surface area contributed by atoms with E-state index in [1.54, 1.807) is 0 Å². The normalized spacial score (nSPS) is 54.5. The first-order valence-electron chi connectivity index (χ1n) is 5.43. The number of carbonyl (C=O) groups is 1. The van der Waals surface area contributed by atoms with Crippen molar-refractivity contribution in [3.05, 3.63) is 11.6 Å². The van der Waals surface area contributed by atoms with Crippen molar-refractivity contribution in [1.29, 1.82) is 0 Å². The molecule has 2 heteroatoms. The molecule has 0 amide bonds. The molecule has 2 nitrogen and oxygen atoms in total. The van der Waals surface area contributed by atoms with Crippen LogP contribution in [-0.2, 0) is 9.53 Å². The highest BCUT2D eigenvalue weighted by molar-refractivity contribution is 5.78. The molecule has 2 aliphatic carbocycles. The standard InChI is InChI=1S/C12H16O2/c1-6-4-5-12(3)7(2)9-8(6)10(12)14-11(9)13/h4,7-10H,5H2,1-3H3/t7-,8?,9?,10?,12-/m1/s1. The van der Waals surface area contributed by atoms with Crippen LogP contribution in [0.15, 0.2) is 11.6 Å². The highest BCUT2D eigenvalue weighted by Crippen LogP contribution is 2.62. The van der Waals surface area contributed by atoms with Crippen molar-refractivity contribution < 1.29 is 9.53 Å². The first-order valence-corrected chi connectivity index (χ1v) is 5.43. The Labute approximate surface area is 84.3 Å². The summed E-state index contributed by atoms with van der Waals surface area (Å²) in [6, 6.07) is 0. The fraction of sp³-hybridized carbons (Fsp3) is 0.750. The average Bonchev–Trinajstić information content (AvgIpc) is 2.54. The molecule has 3 rings (SSSR count). The van der Waals surface area contributed by atoms with Crippen molar-refractivity contribution in [3.8, 4) is 0 Å². The quantitative estimate of drug-likeness (QED) is 0.434. The molecule has 5 atom stereocenters. The minimum absolute atomic E-state index is 0.0413. The Morgan fingerprint density at radius 2 is 2.21 bits per heavy atom. The van der Waals surface area contributed by atoms with Gasteiger partial charge in [-0.2, -0.15) is 0 Å². The van der Waals surface area contributed by atoms with Crippen LogP contribution in [0.4, 0.5) is 0 Å². The maximum absolute atomic E-state index is 11.6. The summed E-state index contributed by atoms with van der Waals surface area (Å²) in [5.41, 5.74) is 1.58. The highest BCUT2D eigenvalue weighted by Gasteiger charge is 2.66. The van der Waals surface area contributed by atoms with E-state index in [4.69, 9.17) is 4.74 Å². The van der Waals surface area contributed by atoms with Gasteiger partial charge in [0.25, 0.3) is 0 Å². The van der Waals surface area contributed by atoms with E-state index in [1.807, 2.05) is 0 Å². The Morgan fingerprint density at radius 3 is 2.86 bits per heavy atom. The molecular formula is C12H16O2. The van der Waals surface area contributed by atoms with E-state index in [0.29, 0.717) is 11.8 Å². The molecule has 0 aromatic carbocycles. The number of allylic oxidation sites excluding steroid dienone is 1. The number of rotatable bonds is 0. The molecule has 4 bridgehead atoms. The van der Waals surface area contributed by atoms with Crippen molar-refractivity contribution in [2.45, 2.75) is 33.3 Å². The lowest BCUT2D eigenvalue weighted by Gasteiger charge is -2.39. The maximum Gasteiger partial charge on any atom is 0.310 e. The topological polar surface area (TPSA) is 26.3 Å². The van der Waals surface area contributed by atoms with Crippen molar-refractivity contribution in [3.63, 3.8) is 0 Å². The van der Waals surface area contributed by atoms with Crippen LogP contribution < -0.4 is 0 Å². The van der Waals surface area contributed by atoms with Crippen LogP contribution in [0.1, 0.15) is 27.2 Å². The smallest absolute Gasteiger partial charge is 0.310 e. The van der Waals surface area contributed by atoms with Gasteiger partial charge in [0, 0.05) is 11.3 Å². The summed E-state index contributed by atoms with van der Waals surface area (Å²) in [6.45, 7) is 6.62. The zero-order chi connectivity index (χ0) is 10.1. The molecular weight excluding hydrogens is 176 g/mol. The van der Waals surface area contributed by atoms with Gasteiger partial charge in [-0.25, -0.2) is 0 Å². The van der Waals surface area contributed by atoms with Gasteiger partial charge in [0.2, 0.25) is 0 Å². The lowest BCUT2D eigenvalue weighted by atomic mass is 9.72. The SMILES string of the molecule is CC1=CC[C@@]2(C)C3OC(=O)C(C13)[C@H]2C. The Hall–Kier alpha value is -0.790. The monoisotopic (exact) mass is 192 g/mol. The van der Waals surface area contributed by atoms with E-state index in [9.17, 15) is 4.79 Å². The number of hydrogen-bond acceptors (Lipinski definition) is 2. The van der Waals surface area contributed by atoms with Crippen LogP contribution in [0, 0.1) is 23.2 Å². The van der Waals surface area contributed by atoms with Gasteiger partial charge in [-0.15, -0.1) is 0 Å². The zero-order valence-electron chi connectivity index (χ0n) is 8.91. The molecule has 1 saturated carbocycles. The molecule has 0 N–H and O–H groups in total. The van der Waals surface area contributed by atoms with Crippen LogP contribution in [0.2, 0.25) is 0 Å². The second kappa shape index (κ2) is 2.23. The van der Waals surface area contributed by atoms with Crippen LogP contribution in [-0.4, -0.2) is 12.1 Å². The van der Waals surface area contributed by atoms with E-state index in [2.05, 4.69) is 26.8 Å². The lowest BCUT2D eigenvalue weighted by Crippen LogP contribution is -2.40. The Balaban J connectivity index is 2.15. The average molecular weight is 192 g/mol. The molecule has 1 aliphatic heterocycles. The van der Waals surface area contributed by atoms with E-state index < -0.39 is 0 Å². The predicted molar refractivity (Wildman–Crippen MR) is 52.5 cm³/mol. The number of hydrogen-bond donors (Lipinski definition) is 0. The predicted octanol–water partition coefficient (Wildman–Crippen LogP) is 2.15. The molecule has 76 valence electrons. The van der Waals surface area contributed by atoms with Gasteiger partial charge in [-0.3, -0.25) is 4.79 Å². The van der Waals surface area contributed by atoms with Crippen LogP contribution in [0.5, 0.6) is 0 Å². The van der Waals surface area contributed by atoms with Crippen LogP contribution in [0.25, 0.3) is 0 Å². The number of carbonyl (C=O) groups excluding carboxylic acids is 1. The fourth-order valence-corrected chi connectivity index (χ4v) is 3.68. The molecule has 2 fully saturated rings. The summed E-state index contributed by atoms with van der Waals surface area (Å²) in [4.78, 5) is 11.6. The van der Waals surface area contributed by atoms with Crippen molar-refractivity contribution in [2.24, 2.45) is 23.2 Å². The number of ether oxygens (including phenoxy) is 1. The summed E-state index contributed by atoms with van der Waals surface area (Å²) >= 11 is 0. The third-order valence-corrected chi connectivity index (χ3v) is 4.85. The molecule has 0 aromatic heterocycles. The molecule has 1 heterocycles.